The van der Waals surface area contributed by atoms with Crippen molar-refractivity contribution < 1.29 is 4.79 Å². The number of H-pyrrole nitrogens is 1. The Morgan fingerprint density at radius 2 is 2.24 bits per heavy atom. The molecule has 1 N–H and O–H groups in total. The summed E-state index contributed by atoms with van der Waals surface area (Å²) in [6, 6.07) is 1.98. The number of likely N-dealkylation sites (tertiary alicyclic amines) is 1. The maximum absolute atomic E-state index is 13.2. The molecule has 0 radical (unpaired) electrons. The van der Waals surface area contributed by atoms with Gasteiger partial charge in [0.25, 0.3) is 5.91 Å². The van der Waals surface area contributed by atoms with Crippen LogP contribution in [0.5, 0.6) is 0 Å². The third-order valence-electron chi connectivity index (χ3n) is 5.44. The number of rotatable bonds is 4. The zero-order valence-corrected chi connectivity index (χ0v) is 15.0. The Morgan fingerprint density at radius 3 is 3.00 bits per heavy atom. The number of carbonyl (C=O) groups is 1. The highest BCUT2D eigenvalue weighted by Gasteiger charge is 2.31. The molecule has 2 aromatic rings. The van der Waals surface area contributed by atoms with Gasteiger partial charge in [-0.15, -0.1) is 10.2 Å². The number of amides is 1. The predicted molar refractivity (Wildman–Crippen MR) is 94.0 cm³/mol. The molecule has 7 heteroatoms. The van der Waals surface area contributed by atoms with Crippen LogP contribution in [0.4, 0.5) is 0 Å². The summed E-state index contributed by atoms with van der Waals surface area (Å²) in [6.07, 6.45) is 5.54. The van der Waals surface area contributed by atoms with Crippen LogP contribution in [0.2, 0.25) is 0 Å². The fourth-order valence-corrected chi connectivity index (χ4v) is 4.36. The quantitative estimate of drug-likeness (QED) is 0.926. The molecule has 1 saturated heterocycles. The molecule has 1 unspecified atom stereocenters. The van der Waals surface area contributed by atoms with Crippen LogP contribution in [0.3, 0.4) is 0 Å². The van der Waals surface area contributed by atoms with E-state index in [-0.39, 0.29) is 5.91 Å². The first-order chi connectivity index (χ1) is 12.1. The minimum atomic E-state index is 0.157. The van der Waals surface area contributed by atoms with E-state index in [1.165, 1.54) is 12.1 Å². The largest absolute Gasteiger partial charge is 0.340 e. The highest BCUT2D eigenvalue weighted by Crippen LogP contribution is 2.31. The summed E-state index contributed by atoms with van der Waals surface area (Å²) < 4.78 is 2.19. The predicted octanol–water partition coefficient (Wildman–Crippen LogP) is 2.51. The first-order valence-electron chi connectivity index (χ1n) is 9.39. The van der Waals surface area contributed by atoms with Crippen LogP contribution < -0.4 is 0 Å². The lowest BCUT2D eigenvalue weighted by atomic mass is 9.97. The summed E-state index contributed by atoms with van der Waals surface area (Å²) in [7, 11) is 0. The van der Waals surface area contributed by atoms with E-state index in [4.69, 9.17) is 0 Å². The molecule has 0 aromatic carbocycles. The molecule has 0 bridgehead atoms. The summed E-state index contributed by atoms with van der Waals surface area (Å²) in [4.78, 5) is 15.2. The molecule has 4 heterocycles. The van der Waals surface area contributed by atoms with E-state index in [2.05, 4.69) is 39.0 Å². The van der Waals surface area contributed by atoms with Gasteiger partial charge in [0.2, 0.25) is 5.82 Å². The topological polar surface area (TPSA) is 79.7 Å². The van der Waals surface area contributed by atoms with Crippen molar-refractivity contribution >= 4 is 5.91 Å². The van der Waals surface area contributed by atoms with Crippen molar-refractivity contribution in [2.75, 3.05) is 13.1 Å². The molecule has 7 nitrogen and oxygen atoms in total. The van der Waals surface area contributed by atoms with Gasteiger partial charge in [-0.25, -0.2) is 0 Å². The molecule has 0 spiro atoms. The number of aromatic amines is 1. The molecule has 25 heavy (non-hydrogen) atoms. The molecule has 0 aliphatic carbocycles. The monoisotopic (exact) mass is 342 g/mol. The van der Waals surface area contributed by atoms with Gasteiger partial charge in [-0.1, -0.05) is 13.8 Å². The van der Waals surface area contributed by atoms with E-state index in [1.54, 1.807) is 0 Å². The Kier molecular flexibility index (Phi) is 4.31. The van der Waals surface area contributed by atoms with Crippen LogP contribution in [0.25, 0.3) is 11.4 Å². The second-order valence-electron chi connectivity index (χ2n) is 7.77. The van der Waals surface area contributed by atoms with Crippen LogP contribution in [0, 0.1) is 11.8 Å². The zero-order chi connectivity index (χ0) is 17.4. The number of tetrazole rings is 1. The van der Waals surface area contributed by atoms with E-state index in [0.29, 0.717) is 17.7 Å². The van der Waals surface area contributed by atoms with Gasteiger partial charge in [0, 0.05) is 30.9 Å². The Bertz CT molecular complexity index is 748. The lowest BCUT2D eigenvalue weighted by molar-refractivity contribution is 0.0773. The minimum absolute atomic E-state index is 0.157. The molecule has 2 aromatic heterocycles. The van der Waals surface area contributed by atoms with Gasteiger partial charge in [-0.05, 0) is 55.2 Å². The van der Waals surface area contributed by atoms with E-state index in [0.717, 1.165) is 56.6 Å². The van der Waals surface area contributed by atoms with Crippen LogP contribution in [0.15, 0.2) is 6.07 Å². The van der Waals surface area contributed by atoms with Crippen molar-refractivity contribution in [2.45, 2.75) is 52.5 Å². The summed E-state index contributed by atoms with van der Waals surface area (Å²) >= 11 is 0. The molecule has 2 aliphatic heterocycles. The van der Waals surface area contributed by atoms with Gasteiger partial charge in [0.1, 0.15) is 5.69 Å². The SMILES string of the molecule is CC(C)CC1CCN(C(=O)c2cc(-c3nn[nH]n3)c3n2CCCC3)C1. The second kappa shape index (κ2) is 6.61. The van der Waals surface area contributed by atoms with Crippen LogP contribution in [0.1, 0.15) is 55.7 Å². The first-order valence-corrected chi connectivity index (χ1v) is 9.39. The first kappa shape index (κ1) is 16.3. The van der Waals surface area contributed by atoms with Gasteiger partial charge in [-0.2, -0.15) is 5.21 Å². The van der Waals surface area contributed by atoms with Gasteiger partial charge < -0.3 is 9.47 Å². The smallest absolute Gasteiger partial charge is 0.270 e. The van der Waals surface area contributed by atoms with E-state index < -0.39 is 0 Å². The normalized spacial score (nSPS) is 20.3. The van der Waals surface area contributed by atoms with Crippen LogP contribution >= 0.6 is 0 Å². The maximum Gasteiger partial charge on any atom is 0.270 e. The van der Waals surface area contributed by atoms with E-state index in [1.807, 2.05) is 11.0 Å². The number of fused-ring (bicyclic) bond motifs is 1. The molecular formula is C18H26N6O. The molecule has 1 amide bonds. The molecule has 134 valence electrons. The average molecular weight is 342 g/mol. The zero-order valence-electron chi connectivity index (χ0n) is 15.0. The lowest BCUT2D eigenvalue weighted by Crippen LogP contribution is -2.31. The molecule has 2 aliphatic rings. The fourth-order valence-electron chi connectivity index (χ4n) is 4.36. The minimum Gasteiger partial charge on any atom is -0.340 e. The van der Waals surface area contributed by atoms with Crippen LogP contribution in [-0.2, 0) is 13.0 Å². The molecule has 4 rings (SSSR count). The number of aromatic nitrogens is 5. The van der Waals surface area contributed by atoms with Crippen molar-refractivity contribution in [1.82, 2.24) is 30.1 Å². The molecular weight excluding hydrogens is 316 g/mol. The van der Waals surface area contributed by atoms with Gasteiger partial charge in [0.05, 0.1) is 0 Å². The summed E-state index contributed by atoms with van der Waals surface area (Å²) in [5.41, 5.74) is 2.92. The van der Waals surface area contributed by atoms with Crippen LogP contribution in [-0.4, -0.2) is 49.1 Å². The fraction of sp³-hybridized carbons (Fsp3) is 0.667. The molecule has 1 fully saturated rings. The Hall–Kier alpha value is -2.18. The summed E-state index contributed by atoms with van der Waals surface area (Å²) in [5.74, 6) is 2.07. The van der Waals surface area contributed by atoms with Gasteiger partial charge in [0.15, 0.2) is 0 Å². The highest BCUT2D eigenvalue weighted by atomic mass is 16.2. The third kappa shape index (κ3) is 3.07. The Balaban J connectivity index is 1.61. The average Bonchev–Trinajstić information content (AvgIpc) is 3.33. The Morgan fingerprint density at radius 1 is 1.36 bits per heavy atom. The summed E-state index contributed by atoms with van der Waals surface area (Å²) in [5, 5.41) is 14.4. The highest BCUT2D eigenvalue weighted by molar-refractivity contribution is 5.95. The lowest BCUT2D eigenvalue weighted by Gasteiger charge is -2.21. The van der Waals surface area contributed by atoms with Crippen molar-refractivity contribution in [3.63, 3.8) is 0 Å². The maximum atomic E-state index is 13.2. The number of hydrogen-bond acceptors (Lipinski definition) is 4. The van der Waals surface area contributed by atoms with Gasteiger partial charge >= 0.3 is 0 Å². The molecule has 1 atom stereocenters. The van der Waals surface area contributed by atoms with E-state index in [9.17, 15) is 4.79 Å². The number of hydrogen-bond donors (Lipinski definition) is 1. The summed E-state index contributed by atoms with van der Waals surface area (Å²) in [6.45, 7) is 7.16. The van der Waals surface area contributed by atoms with Gasteiger partial charge in [-0.3, -0.25) is 4.79 Å². The Labute approximate surface area is 147 Å². The number of nitrogens with one attached hydrogen (secondary N) is 1. The standard InChI is InChI=1S/C18H26N6O/c1-12(2)9-13-6-8-23(11-13)18(25)16-10-14(17-19-21-22-20-17)15-5-3-4-7-24(15)16/h10,12-13H,3-9,11H2,1-2H3,(H,19,20,21,22). The van der Waals surface area contributed by atoms with Crippen molar-refractivity contribution in [1.29, 1.82) is 0 Å². The van der Waals surface area contributed by atoms with Crippen molar-refractivity contribution in [2.24, 2.45) is 11.8 Å². The van der Waals surface area contributed by atoms with Crippen molar-refractivity contribution in [3.8, 4) is 11.4 Å². The second-order valence-corrected chi connectivity index (χ2v) is 7.77. The van der Waals surface area contributed by atoms with Crippen molar-refractivity contribution in [3.05, 3.63) is 17.5 Å². The third-order valence-corrected chi connectivity index (χ3v) is 5.44. The van der Waals surface area contributed by atoms with E-state index >= 15 is 0 Å². The number of carbonyl (C=O) groups excluding carboxylic acids is 1. The molecule has 0 saturated carbocycles. The number of nitrogens with zero attached hydrogens (tertiary/aromatic N) is 5.